The molecular formula is C79H154O17P2. The molecule has 0 aliphatic heterocycles. The van der Waals surface area contributed by atoms with Crippen molar-refractivity contribution >= 4 is 39.5 Å². The van der Waals surface area contributed by atoms with Gasteiger partial charge in [0.25, 0.3) is 0 Å². The molecule has 0 bridgehead atoms. The lowest BCUT2D eigenvalue weighted by Crippen LogP contribution is -2.30. The van der Waals surface area contributed by atoms with Crippen molar-refractivity contribution in [1.29, 1.82) is 0 Å². The van der Waals surface area contributed by atoms with E-state index in [0.717, 1.165) is 95.8 Å². The number of hydrogen-bond donors (Lipinski definition) is 3. The molecule has 0 fully saturated rings. The van der Waals surface area contributed by atoms with E-state index in [1.165, 1.54) is 244 Å². The number of carbonyl (C=O) groups is 4. The molecule has 0 saturated carbocycles. The average molecular weight is 1440 g/mol. The summed E-state index contributed by atoms with van der Waals surface area (Å²) in [5, 5.41) is 10.6. The quantitative estimate of drug-likeness (QED) is 0.0222. The lowest BCUT2D eigenvalue weighted by atomic mass is 9.99. The lowest BCUT2D eigenvalue weighted by Gasteiger charge is -2.21. The molecule has 582 valence electrons. The number of rotatable bonds is 79. The van der Waals surface area contributed by atoms with Crippen LogP contribution in [0.5, 0.6) is 0 Å². The number of unbranched alkanes of at least 4 members (excludes halogenated alkanes) is 50. The third-order valence-electron chi connectivity index (χ3n) is 18.9. The molecule has 98 heavy (non-hydrogen) atoms. The Morgan fingerprint density at radius 1 is 0.286 bits per heavy atom. The highest BCUT2D eigenvalue weighted by Gasteiger charge is 2.30. The molecule has 0 radical (unpaired) electrons. The minimum atomic E-state index is -4.96. The second kappa shape index (κ2) is 72.0. The first-order chi connectivity index (χ1) is 47.6. The molecule has 0 aromatic heterocycles. The Hall–Kier alpha value is -1.94. The fourth-order valence-corrected chi connectivity index (χ4v) is 13.8. The molecule has 0 aliphatic carbocycles. The van der Waals surface area contributed by atoms with Gasteiger partial charge in [0.15, 0.2) is 12.2 Å². The third-order valence-corrected chi connectivity index (χ3v) is 20.8. The van der Waals surface area contributed by atoms with Gasteiger partial charge in [0.2, 0.25) is 0 Å². The van der Waals surface area contributed by atoms with Crippen molar-refractivity contribution < 1.29 is 80.2 Å². The van der Waals surface area contributed by atoms with Crippen LogP contribution < -0.4 is 0 Å². The topological polar surface area (TPSA) is 237 Å². The Morgan fingerprint density at radius 3 is 0.724 bits per heavy atom. The average Bonchev–Trinajstić information content (AvgIpc) is 1.02. The van der Waals surface area contributed by atoms with Crippen molar-refractivity contribution in [3.05, 3.63) is 0 Å². The monoisotopic (exact) mass is 1440 g/mol. The third kappa shape index (κ3) is 71.1. The molecule has 0 spiro atoms. The zero-order valence-corrected chi connectivity index (χ0v) is 65.7. The van der Waals surface area contributed by atoms with E-state index >= 15 is 0 Å². The van der Waals surface area contributed by atoms with Crippen LogP contribution in [0.2, 0.25) is 0 Å². The Labute approximate surface area is 600 Å². The first-order valence-electron chi connectivity index (χ1n) is 41.2. The molecule has 0 saturated heterocycles. The molecule has 3 N–H and O–H groups in total. The molecule has 0 aliphatic rings. The van der Waals surface area contributed by atoms with Crippen LogP contribution in [0.15, 0.2) is 0 Å². The van der Waals surface area contributed by atoms with Gasteiger partial charge in [0.05, 0.1) is 26.4 Å². The zero-order valence-electron chi connectivity index (χ0n) is 63.9. The molecule has 0 heterocycles. The van der Waals surface area contributed by atoms with Gasteiger partial charge in [-0.2, -0.15) is 0 Å². The summed E-state index contributed by atoms with van der Waals surface area (Å²) in [7, 11) is -9.91. The maximum atomic E-state index is 13.1. The summed E-state index contributed by atoms with van der Waals surface area (Å²) in [5.41, 5.74) is 0. The van der Waals surface area contributed by atoms with Crippen LogP contribution >= 0.6 is 15.6 Å². The highest BCUT2D eigenvalue weighted by molar-refractivity contribution is 7.47. The smallest absolute Gasteiger partial charge is 0.462 e. The van der Waals surface area contributed by atoms with Crippen LogP contribution in [0.4, 0.5) is 0 Å². The Bertz CT molecular complexity index is 1880. The second-order valence-corrected chi connectivity index (χ2v) is 31.6. The van der Waals surface area contributed by atoms with E-state index in [2.05, 4.69) is 34.6 Å². The van der Waals surface area contributed by atoms with Gasteiger partial charge < -0.3 is 33.8 Å². The molecule has 3 unspecified atom stereocenters. The van der Waals surface area contributed by atoms with E-state index in [0.29, 0.717) is 25.7 Å². The van der Waals surface area contributed by atoms with Gasteiger partial charge in [-0.15, -0.1) is 0 Å². The largest absolute Gasteiger partial charge is 0.472 e. The number of carbonyl (C=O) groups excluding carboxylic acids is 4. The van der Waals surface area contributed by atoms with E-state index < -0.39 is 97.5 Å². The fraction of sp³-hybridized carbons (Fsp3) is 0.949. The molecular weight excluding hydrogens is 1280 g/mol. The van der Waals surface area contributed by atoms with Crippen molar-refractivity contribution in [3.8, 4) is 0 Å². The first kappa shape index (κ1) is 96.1. The summed E-state index contributed by atoms with van der Waals surface area (Å²) in [4.78, 5) is 72.8. The highest BCUT2D eigenvalue weighted by atomic mass is 31.2. The second-order valence-electron chi connectivity index (χ2n) is 28.7. The molecule has 0 rings (SSSR count). The zero-order chi connectivity index (χ0) is 71.9. The molecule has 19 heteroatoms. The van der Waals surface area contributed by atoms with Gasteiger partial charge in [0.1, 0.15) is 19.3 Å². The highest BCUT2D eigenvalue weighted by Crippen LogP contribution is 2.45. The number of ether oxygens (including phenoxy) is 4. The van der Waals surface area contributed by atoms with Gasteiger partial charge in [-0.25, -0.2) is 9.13 Å². The minimum Gasteiger partial charge on any atom is -0.462 e. The van der Waals surface area contributed by atoms with Crippen LogP contribution in [0, 0.1) is 5.92 Å². The van der Waals surface area contributed by atoms with E-state index in [9.17, 15) is 43.2 Å². The summed E-state index contributed by atoms with van der Waals surface area (Å²) in [6.45, 7) is 7.34. The number of esters is 4. The Balaban J connectivity index is 5.15. The number of phosphoric acid groups is 2. The van der Waals surface area contributed by atoms with Gasteiger partial charge in [0, 0.05) is 25.7 Å². The number of aliphatic hydroxyl groups is 1. The van der Waals surface area contributed by atoms with Crippen LogP contribution in [0.1, 0.15) is 420 Å². The fourth-order valence-electron chi connectivity index (χ4n) is 12.2. The molecule has 0 amide bonds. The number of phosphoric ester groups is 2. The van der Waals surface area contributed by atoms with Crippen molar-refractivity contribution in [2.75, 3.05) is 39.6 Å². The Kier molecular flexibility index (Phi) is 70.6. The predicted molar refractivity (Wildman–Crippen MR) is 400 cm³/mol. The number of aliphatic hydroxyl groups excluding tert-OH is 1. The van der Waals surface area contributed by atoms with Crippen LogP contribution in [-0.2, 0) is 65.4 Å². The summed E-state index contributed by atoms with van der Waals surface area (Å²) in [5.74, 6) is -1.24. The van der Waals surface area contributed by atoms with Crippen molar-refractivity contribution in [2.24, 2.45) is 5.92 Å². The van der Waals surface area contributed by atoms with E-state index in [-0.39, 0.29) is 25.7 Å². The SMILES string of the molecule is CCCCCCCCCCCCCCCCCCCCC(=O)OC[C@H](COP(=O)(O)OC[C@@H](O)COP(=O)(O)OC[C@@H](COC(=O)CCCCCCCCCCC)OC(=O)CCCCCCCCCCC)OC(=O)CCCCCCCCCCCCCCCCCCCCC(C)CC. The van der Waals surface area contributed by atoms with Gasteiger partial charge in [-0.1, -0.05) is 369 Å². The molecule has 0 aromatic rings. The minimum absolute atomic E-state index is 0.106. The van der Waals surface area contributed by atoms with Crippen molar-refractivity contribution in [1.82, 2.24) is 0 Å². The van der Waals surface area contributed by atoms with Crippen molar-refractivity contribution in [3.63, 3.8) is 0 Å². The Morgan fingerprint density at radius 2 is 0.490 bits per heavy atom. The summed E-state index contributed by atoms with van der Waals surface area (Å²) in [6.07, 6.45) is 62.6. The van der Waals surface area contributed by atoms with Crippen LogP contribution in [0.25, 0.3) is 0 Å². The maximum Gasteiger partial charge on any atom is 0.472 e. The summed E-state index contributed by atoms with van der Waals surface area (Å²) in [6, 6.07) is 0. The van der Waals surface area contributed by atoms with Gasteiger partial charge >= 0.3 is 39.5 Å². The lowest BCUT2D eigenvalue weighted by molar-refractivity contribution is -0.161. The summed E-state index contributed by atoms with van der Waals surface area (Å²) < 4.78 is 68.5. The van der Waals surface area contributed by atoms with Crippen molar-refractivity contribution in [2.45, 2.75) is 438 Å². The van der Waals surface area contributed by atoms with Gasteiger partial charge in [-0.3, -0.25) is 37.3 Å². The molecule has 6 atom stereocenters. The maximum absolute atomic E-state index is 13.1. The van der Waals surface area contributed by atoms with Crippen LogP contribution in [-0.4, -0.2) is 96.7 Å². The first-order valence-corrected chi connectivity index (χ1v) is 44.2. The normalized spacial score (nSPS) is 14.2. The van der Waals surface area contributed by atoms with Crippen LogP contribution in [0.3, 0.4) is 0 Å². The predicted octanol–water partition coefficient (Wildman–Crippen LogP) is 23.6. The molecule has 17 nitrogen and oxygen atoms in total. The van der Waals surface area contributed by atoms with Gasteiger partial charge in [-0.05, 0) is 31.6 Å². The summed E-state index contributed by atoms with van der Waals surface area (Å²) >= 11 is 0. The molecule has 0 aromatic carbocycles. The number of hydrogen-bond acceptors (Lipinski definition) is 15. The van der Waals surface area contributed by atoms with E-state index in [1.807, 2.05) is 0 Å². The van der Waals surface area contributed by atoms with E-state index in [4.69, 9.17) is 37.0 Å². The van der Waals surface area contributed by atoms with E-state index in [1.54, 1.807) is 0 Å². The standard InChI is InChI=1S/C79H154O17P2/c1-6-10-13-16-19-22-23-24-25-26-30-33-36-39-44-48-53-58-63-77(82)90-69-75(96-79(84)65-60-55-50-45-40-37-34-31-28-27-29-32-35-38-43-46-51-56-61-72(5)9-4)71-94-98(87,88)92-67-73(80)66-91-97(85,86)93-70-74(95-78(83)64-59-54-49-42-21-18-15-12-8-3)68-89-76(81)62-57-52-47-41-20-17-14-11-7-2/h72-75,80H,6-71H2,1-5H3,(H,85,86)(H,87,88)/t72?,73-,74+,75+/m0/s1.